The van der Waals surface area contributed by atoms with Crippen LogP contribution in [0.25, 0.3) is 0 Å². The maximum atomic E-state index is 13.3. The number of amides is 2. The lowest BCUT2D eigenvalue weighted by Crippen LogP contribution is -2.37. The summed E-state index contributed by atoms with van der Waals surface area (Å²) in [6.07, 6.45) is 3.85. The molecule has 1 unspecified atom stereocenters. The van der Waals surface area contributed by atoms with Gasteiger partial charge in [0.05, 0.1) is 11.3 Å². The smallest absolute Gasteiger partial charge is 0.291 e. The Labute approximate surface area is 267 Å². The van der Waals surface area contributed by atoms with Gasteiger partial charge in [-0.2, -0.15) is 0 Å². The molecule has 1 aliphatic carbocycles. The summed E-state index contributed by atoms with van der Waals surface area (Å²) in [5.74, 6) is 0.404. The van der Waals surface area contributed by atoms with Crippen LogP contribution in [-0.2, 0) is 23.8 Å². The summed E-state index contributed by atoms with van der Waals surface area (Å²) in [5.41, 5.74) is 7.79. The first-order valence-electron chi connectivity index (χ1n) is 16.2. The van der Waals surface area contributed by atoms with Gasteiger partial charge in [0.1, 0.15) is 5.76 Å². The molecule has 0 radical (unpaired) electrons. The van der Waals surface area contributed by atoms with Crippen molar-refractivity contribution in [1.82, 2.24) is 10.2 Å². The first kappa shape index (κ1) is 30.8. The number of fused-ring (bicyclic) bond motifs is 1. The molecule has 1 aliphatic heterocycles. The van der Waals surface area contributed by atoms with Gasteiger partial charge in [0.25, 0.3) is 11.8 Å². The third-order valence-corrected chi connectivity index (χ3v) is 9.84. The fraction of sp³-hybridized carbons (Fsp3) is 0.385. The molecular weight excluding hydrogens is 558 g/mol. The van der Waals surface area contributed by atoms with E-state index in [1.165, 1.54) is 34.2 Å². The van der Waals surface area contributed by atoms with E-state index in [-0.39, 0.29) is 34.4 Å². The summed E-state index contributed by atoms with van der Waals surface area (Å²) in [4.78, 5) is 29.0. The molecule has 4 aromatic rings. The number of furan rings is 1. The maximum Gasteiger partial charge on any atom is 0.291 e. The molecule has 6 heteroatoms. The van der Waals surface area contributed by atoms with Crippen LogP contribution in [0, 0.1) is 6.92 Å². The summed E-state index contributed by atoms with van der Waals surface area (Å²) < 4.78 is 6.06. The van der Waals surface area contributed by atoms with Gasteiger partial charge in [0.15, 0.2) is 5.76 Å². The number of nitrogens with zero attached hydrogens (tertiary/aromatic N) is 1. The Balaban J connectivity index is 1.10. The van der Waals surface area contributed by atoms with Gasteiger partial charge in [-0.1, -0.05) is 82.3 Å². The number of nitrogens with one attached hydrogen (secondary N) is 2. The maximum absolute atomic E-state index is 13.3. The average molecular weight is 604 g/mol. The molecule has 2 N–H and O–H groups in total. The molecule has 1 aromatic heterocycles. The van der Waals surface area contributed by atoms with Crippen molar-refractivity contribution >= 4 is 17.5 Å². The molecule has 1 fully saturated rings. The van der Waals surface area contributed by atoms with Crippen molar-refractivity contribution in [2.24, 2.45) is 0 Å². The monoisotopic (exact) mass is 603 g/mol. The van der Waals surface area contributed by atoms with Crippen molar-refractivity contribution < 1.29 is 14.0 Å². The number of hydrogen-bond acceptors (Lipinski definition) is 4. The van der Waals surface area contributed by atoms with E-state index in [4.69, 9.17) is 4.42 Å². The average Bonchev–Trinajstić information content (AvgIpc) is 3.66. The van der Waals surface area contributed by atoms with Gasteiger partial charge in [-0.25, -0.2) is 0 Å². The minimum absolute atomic E-state index is 0.0568. The van der Waals surface area contributed by atoms with E-state index in [0.29, 0.717) is 17.7 Å². The van der Waals surface area contributed by atoms with Crippen LogP contribution in [0.1, 0.15) is 101 Å². The molecule has 0 spiro atoms. The second-order valence-corrected chi connectivity index (χ2v) is 14.2. The van der Waals surface area contributed by atoms with Gasteiger partial charge < -0.3 is 15.1 Å². The molecule has 0 bridgehead atoms. The van der Waals surface area contributed by atoms with E-state index in [9.17, 15) is 9.59 Å². The third kappa shape index (κ3) is 6.76. The Morgan fingerprint density at radius 1 is 0.867 bits per heavy atom. The highest BCUT2D eigenvalue weighted by Crippen LogP contribution is 2.46. The molecule has 0 saturated carbocycles. The summed E-state index contributed by atoms with van der Waals surface area (Å²) in [6, 6.07) is 25.9. The van der Waals surface area contributed by atoms with E-state index < -0.39 is 0 Å². The Kier molecular flexibility index (Phi) is 8.45. The quantitative estimate of drug-likeness (QED) is 0.216. The van der Waals surface area contributed by atoms with Gasteiger partial charge in [0.2, 0.25) is 0 Å². The van der Waals surface area contributed by atoms with Crippen molar-refractivity contribution in [1.29, 1.82) is 0 Å². The first-order chi connectivity index (χ1) is 21.5. The molecule has 234 valence electrons. The minimum Gasteiger partial charge on any atom is -0.456 e. The Morgan fingerprint density at radius 3 is 2.31 bits per heavy atom. The lowest BCUT2D eigenvalue weighted by Gasteiger charge is -2.42. The normalized spacial score (nSPS) is 18.7. The van der Waals surface area contributed by atoms with Crippen LogP contribution in [0.5, 0.6) is 0 Å². The van der Waals surface area contributed by atoms with Crippen molar-refractivity contribution in [2.45, 2.75) is 83.7 Å². The Hall–Kier alpha value is -4.16. The summed E-state index contributed by atoms with van der Waals surface area (Å²) in [7, 11) is 0. The molecule has 3 aromatic carbocycles. The van der Waals surface area contributed by atoms with E-state index in [1.54, 1.807) is 18.2 Å². The second-order valence-electron chi connectivity index (χ2n) is 14.2. The number of aryl methyl sites for hydroxylation is 1. The highest BCUT2D eigenvalue weighted by molar-refractivity contribution is 6.08. The molecule has 45 heavy (non-hydrogen) atoms. The molecule has 1 atom stereocenters. The van der Waals surface area contributed by atoms with E-state index in [0.717, 1.165) is 38.2 Å². The predicted molar refractivity (Wildman–Crippen MR) is 180 cm³/mol. The van der Waals surface area contributed by atoms with Crippen LogP contribution in [-0.4, -0.2) is 35.8 Å². The third-order valence-electron chi connectivity index (χ3n) is 9.84. The topological polar surface area (TPSA) is 74.6 Å². The zero-order valence-corrected chi connectivity index (χ0v) is 27.2. The Morgan fingerprint density at radius 2 is 1.56 bits per heavy atom. The van der Waals surface area contributed by atoms with Crippen molar-refractivity contribution in [3.63, 3.8) is 0 Å². The molecule has 2 heterocycles. The molecule has 2 amide bonds. The minimum atomic E-state index is -0.374. The lowest BCUT2D eigenvalue weighted by atomic mass is 9.62. The highest BCUT2D eigenvalue weighted by Gasteiger charge is 2.37. The number of carbonyl (C=O) groups is 2. The summed E-state index contributed by atoms with van der Waals surface area (Å²) in [6.45, 7) is 14.1. The summed E-state index contributed by atoms with van der Waals surface area (Å²) in [5, 5.41) is 6.10. The van der Waals surface area contributed by atoms with E-state index in [1.807, 2.05) is 24.3 Å². The van der Waals surface area contributed by atoms with Crippen molar-refractivity contribution in [2.75, 3.05) is 18.4 Å². The van der Waals surface area contributed by atoms with Crippen molar-refractivity contribution in [3.05, 3.63) is 124 Å². The van der Waals surface area contributed by atoms with Crippen LogP contribution in [0.3, 0.4) is 0 Å². The number of hydrogen-bond donors (Lipinski definition) is 2. The van der Waals surface area contributed by atoms with Crippen LogP contribution in [0.2, 0.25) is 0 Å². The number of anilines is 1. The standard InChI is InChI=1S/C39H45N3O3/c1-26-21-32-33(39(4,5)19-18-38(32,2)3)23-28(26)22-30-15-16-35(45-30)37(44)41-34-14-10-9-13-31(34)36(43)40-29-17-20-42(25-29)24-27-11-7-6-8-12-27/h6-16,21,23,29H,17-20,22,24-25H2,1-5H3,(H,40,43)(H,41,44). The molecule has 6 rings (SSSR count). The first-order valence-corrected chi connectivity index (χ1v) is 16.2. The number of carbonyl (C=O) groups excluding carboxylic acids is 2. The lowest BCUT2D eigenvalue weighted by molar-refractivity contribution is 0.0938. The van der Waals surface area contributed by atoms with Gasteiger partial charge >= 0.3 is 0 Å². The van der Waals surface area contributed by atoms with Gasteiger partial charge in [-0.15, -0.1) is 0 Å². The van der Waals surface area contributed by atoms with E-state index in [2.05, 4.69) is 86.6 Å². The fourth-order valence-electron chi connectivity index (χ4n) is 6.91. The number of likely N-dealkylation sites (tertiary alicyclic amines) is 1. The van der Waals surface area contributed by atoms with Gasteiger partial charge in [-0.05, 0) is 89.1 Å². The van der Waals surface area contributed by atoms with Crippen LogP contribution >= 0.6 is 0 Å². The molecule has 6 nitrogen and oxygen atoms in total. The van der Waals surface area contributed by atoms with Crippen LogP contribution < -0.4 is 10.6 Å². The van der Waals surface area contributed by atoms with Gasteiger partial charge in [0, 0.05) is 32.1 Å². The largest absolute Gasteiger partial charge is 0.456 e. The summed E-state index contributed by atoms with van der Waals surface area (Å²) >= 11 is 0. The SMILES string of the molecule is Cc1cc2c(cc1Cc1ccc(C(=O)Nc3ccccc3C(=O)NC3CCN(Cc4ccccc4)C3)o1)C(C)(C)CCC2(C)C. The predicted octanol–water partition coefficient (Wildman–Crippen LogP) is 7.78. The molecule has 1 saturated heterocycles. The zero-order chi connectivity index (χ0) is 31.8. The Bertz CT molecular complexity index is 1700. The number of para-hydroxylation sites is 1. The molecule has 2 aliphatic rings. The van der Waals surface area contributed by atoms with Crippen LogP contribution in [0.15, 0.2) is 83.3 Å². The van der Waals surface area contributed by atoms with Crippen LogP contribution in [0.4, 0.5) is 5.69 Å². The van der Waals surface area contributed by atoms with E-state index >= 15 is 0 Å². The highest BCUT2D eigenvalue weighted by atomic mass is 16.3. The fourth-order valence-corrected chi connectivity index (χ4v) is 6.91. The van der Waals surface area contributed by atoms with Gasteiger partial charge in [-0.3, -0.25) is 14.5 Å². The number of benzene rings is 3. The zero-order valence-electron chi connectivity index (χ0n) is 27.2. The van der Waals surface area contributed by atoms with Crippen molar-refractivity contribution in [3.8, 4) is 0 Å². The second kappa shape index (κ2) is 12.3. The molecular formula is C39H45N3O3. The number of rotatable bonds is 8.